The molecule has 0 N–H and O–H groups in total. The van der Waals surface area contributed by atoms with Gasteiger partial charge in [-0.2, -0.15) is 0 Å². The summed E-state index contributed by atoms with van der Waals surface area (Å²) in [5, 5.41) is 11.2. The van der Waals surface area contributed by atoms with Crippen molar-refractivity contribution in [2.24, 2.45) is 5.92 Å². The molecule has 0 aliphatic carbocycles. The molecule has 3 heterocycles. The highest BCUT2D eigenvalue weighted by Crippen LogP contribution is 2.42. The smallest absolute Gasteiger partial charge is 0.292 e. The van der Waals surface area contributed by atoms with E-state index in [2.05, 4.69) is 10.2 Å². The summed E-state index contributed by atoms with van der Waals surface area (Å²) < 4.78 is 0. The number of ketones is 2. The molecule has 6 nitrogen and oxygen atoms in total. The molecule has 1 aromatic carbocycles. The van der Waals surface area contributed by atoms with E-state index in [4.69, 9.17) is 0 Å². The first kappa shape index (κ1) is 18.6. The Morgan fingerprint density at radius 3 is 2.43 bits per heavy atom. The molecule has 0 radical (unpaired) electrons. The standard InChI is InChI=1S/C20H17N3O3S2/c1-11(2)18-21-22-20(28-18)23-15(12-7-4-3-5-8-12)14(17(25)19(23)26)16(24)13-9-6-10-27-13/h3-11,14-15H,1-2H3. The molecule has 2 atom stereocenters. The van der Waals surface area contributed by atoms with Crippen LogP contribution in [0.5, 0.6) is 0 Å². The minimum absolute atomic E-state index is 0.151. The quantitative estimate of drug-likeness (QED) is 0.362. The molecule has 2 unspecified atom stereocenters. The van der Waals surface area contributed by atoms with Gasteiger partial charge in [-0.15, -0.1) is 21.5 Å². The van der Waals surface area contributed by atoms with Crippen LogP contribution in [0.2, 0.25) is 0 Å². The van der Waals surface area contributed by atoms with Gasteiger partial charge in [-0.1, -0.05) is 61.6 Å². The fourth-order valence-electron chi connectivity index (χ4n) is 3.26. The lowest BCUT2D eigenvalue weighted by molar-refractivity contribution is -0.135. The largest absolute Gasteiger partial charge is 0.297 e. The van der Waals surface area contributed by atoms with Crippen molar-refractivity contribution in [2.75, 3.05) is 4.90 Å². The summed E-state index contributed by atoms with van der Waals surface area (Å²) in [6.45, 7) is 3.97. The first-order chi connectivity index (χ1) is 13.5. The Hall–Kier alpha value is -2.71. The second-order valence-electron chi connectivity index (χ2n) is 6.79. The average Bonchev–Trinajstić information content (AvgIpc) is 3.43. The Kier molecular flexibility index (Phi) is 4.91. The van der Waals surface area contributed by atoms with E-state index in [1.807, 2.05) is 44.2 Å². The number of Topliss-reactive ketones (excluding diaryl/α,β-unsaturated/α-hetero) is 2. The fraction of sp³-hybridized carbons (Fsp3) is 0.250. The van der Waals surface area contributed by atoms with Gasteiger partial charge in [0.15, 0.2) is 5.78 Å². The van der Waals surface area contributed by atoms with Crippen molar-refractivity contribution < 1.29 is 14.4 Å². The molecule has 1 amide bonds. The molecule has 142 valence electrons. The predicted molar refractivity (Wildman–Crippen MR) is 108 cm³/mol. The highest BCUT2D eigenvalue weighted by atomic mass is 32.1. The molecule has 1 aliphatic rings. The zero-order valence-electron chi connectivity index (χ0n) is 15.2. The number of amides is 1. The van der Waals surface area contributed by atoms with E-state index in [0.29, 0.717) is 10.0 Å². The van der Waals surface area contributed by atoms with Gasteiger partial charge in [-0.3, -0.25) is 19.3 Å². The molecule has 1 fully saturated rings. The number of anilines is 1. The van der Waals surface area contributed by atoms with E-state index < -0.39 is 23.7 Å². The average molecular weight is 412 g/mol. The van der Waals surface area contributed by atoms with Gasteiger partial charge in [0.25, 0.3) is 5.91 Å². The minimum atomic E-state index is -1.10. The molecule has 3 aromatic rings. The molecule has 0 saturated carbocycles. The second kappa shape index (κ2) is 7.37. The molecule has 2 aromatic heterocycles. The minimum Gasteiger partial charge on any atom is -0.292 e. The lowest BCUT2D eigenvalue weighted by Crippen LogP contribution is -2.30. The van der Waals surface area contributed by atoms with Gasteiger partial charge in [0, 0.05) is 5.92 Å². The summed E-state index contributed by atoms with van der Waals surface area (Å²) in [4.78, 5) is 40.7. The summed E-state index contributed by atoms with van der Waals surface area (Å²) in [6, 6.07) is 11.9. The van der Waals surface area contributed by atoms with Crippen molar-refractivity contribution >= 4 is 45.3 Å². The van der Waals surface area contributed by atoms with Gasteiger partial charge in [0.2, 0.25) is 10.9 Å². The van der Waals surface area contributed by atoms with Gasteiger partial charge in [-0.05, 0) is 17.0 Å². The number of carbonyl (C=O) groups excluding carboxylic acids is 3. The van der Waals surface area contributed by atoms with Crippen molar-refractivity contribution in [1.82, 2.24) is 10.2 Å². The first-order valence-electron chi connectivity index (χ1n) is 8.82. The maximum absolute atomic E-state index is 13.1. The van der Waals surface area contributed by atoms with Gasteiger partial charge in [0.05, 0.1) is 10.9 Å². The maximum Gasteiger partial charge on any atom is 0.297 e. The van der Waals surface area contributed by atoms with E-state index in [9.17, 15) is 14.4 Å². The van der Waals surface area contributed by atoms with Crippen LogP contribution in [0.3, 0.4) is 0 Å². The third-order valence-electron chi connectivity index (χ3n) is 4.62. The van der Waals surface area contributed by atoms with Gasteiger partial charge in [0.1, 0.15) is 10.9 Å². The van der Waals surface area contributed by atoms with Crippen molar-refractivity contribution in [3.63, 3.8) is 0 Å². The molecule has 1 aliphatic heterocycles. The van der Waals surface area contributed by atoms with Crippen LogP contribution in [0.15, 0.2) is 47.8 Å². The van der Waals surface area contributed by atoms with Gasteiger partial charge < -0.3 is 0 Å². The van der Waals surface area contributed by atoms with Crippen molar-refractivity contribution in [3.8, 4) is 0 Å². The Labute approximate surface area is 169 Å². The molecular formula is C20H17N3O3S2. The number of thiophene rings is 1. The highest BCUT2D eigenvalue weighted by molar-refractivity contribution is 7.15. The zero-order valence-corrected chi connectivity index (χ0v) is 16.9. The van der Waals surface area contributed by atoms with E-state index in [-0.39, 0.29) is 11.7 Å². The second-order valence-corrected chi connectivity index (χ2v) is 8.73. The summed E-state index contributed by atoms with van der Waals surface area (Å²) in [6.07, 6.45) is 0. The van der Waals surface area contributed by atoms with Crippen molar-refractivity contribution in [1.29, 1.82) is 0 Å². The number of benzene rings is 1. The number of rotatable bonds is 5. The summed E-state index contributed by atoms with van der Waals surface area (Å²) in [5.41, 5.74) is 0.720. The molecule has 1 saturated heterocycles. The number of nitrogens with zero attached hydrogens (tertiary/aromatic N) is 3. The molecule has 28 heavy (non-hydrogen) atoms. The molecule has 8 heteroatoms. The Morgan fingerprint density at radius 1 is 1.07 bits per heavy atom. The van der Waals surface area contributed by atoms with E-state index >= 15 is 0 Å². The fourth-order valence-corrected chi connectivity index (χ4v) is 4.84. The van der Waals surface area contributed by atoms with Gasteiger partial charge >= 0.3 is 0 Å². The normalized spacial score (nSPS) is 19.6. The van der Waals surface area contributed by atoms with E-state index in [1.54, 1.807) is 17.5 Å². The topological polar surface area (TPSA) is 80.2 Å². The summed E-state index contributed by atoms with van der Waals surface area (Å²) in [5.74, 6) is -2.69. The zero-order chi connectivity index (χ0) is 19.8. The van der Waals surface area contributed by atoms with Crippen molar-refractivity contribution in [3.05, 3.63) is 63.3 Å². The number of aromatic nitrogens is 2. The summed E-state index contributed by atoms with van der Waals surface area (Å²) in [7, 11) is 0. The van der Waals surface area contributed by atoms with Crippen LogP contribution in [-0.2, 0) is 9.59 Å². The van der Waals surface area contributed by atoms with Crippen LogP contribution in [0.1, 0.15) is 46.0 Å². The molecular weight excluding hydrogens is 394 g/mol. The molecule has 0 spiro atoms. The predicted octanol–water partition coefficient (Wildman–Crippen LogP) is 3.88. The maximum atomic E-state index is 13.1. The summed E-state index contributed by atoms with van der Waals surface area (Å²) >= 11 is 2.54. The monoisotopic (exact) mass is 411 g/mol. The lowest BCUT2D eigenvalue weighted by atomic mass is 9.89. The van der Waals surface area contributed by atoms with E-state index in [0.717, 1.165) is 10.6 Å². The third-order valence-corrected chi connectivity index (χ3v) is 6.73. The number of hydrogen-bond acceptors (Lipinski definition) is 7. The Balaban J connectivity index is 1.83. The highest BCUT2D eigenvalue weighted by Gasteiger charge is 2.53. The van der Waals surface area contributed by atoms with Crippen LogP contribution in [-0.4, -0.2) is 27.7 Å². The van der Waals surface area contributed by atoms with Crippen LogP contribution in [0.25, 0.3) is 0 Å². The van der Waals surface area contributed by atoms with Crippen molar-refractivity contribution in [2.45, 2.75) is 25.8 Å². The van der Waals surface area contributed by atoms with E-state index in [1.165, 1.54) is 27.6 Å². The lowest BCUT2D eigenvalue weighted by Gasteiger charge is -2.24. The van der Waals surface area contributed by atoms with Crippen LogP contribution < -0.4 is 4.90 Å². The first-order valence-corrected chi connectivity index (χ1v) is 10.5. The number of carbonyl (C=O) groups is 3. The molecule has 4 rings (SSSR count). The van der Waals surface area contributed by atoms with Crippen LogP contribution in [0.4, 0.5) is 5.13 Å². The molecule has 0 bridgehead atoms. The third kappa shape index (κ3) is 3.08. The SMILES string of the molecule is CC(C)c1nnc(N2C(=O)C(=O)C(C(=O)c3cccs3)C2c2ccccc2)s1. The Bertz CT molecular complexity index is 1030. The Morgan fingerprint density at radius 2 is 1.82 bits per heavy atom. The van der Waals surface area contributed by atoms with Crippen LogP contribution >= 0.6 is 22.7 Å². The number of hydrogen-bond donors (Lipinski definition) is 0. The van der Waals surface area contributed by atoms with Crippen LogP contribution in [0, 0.1) is 5.92 Å². The van der Waals surface area contributed by atoms with Gasteiger partial charge in [-0.25, -0.2) is 0 Å².